The van der Waals surface area contributed by atoms with Gasteiger partial charge in [0, 0.05) is 74.4 Å². The number of hydrogen-bond acceptors (Lipinski definition) is 6. The van der Waals surface area contributed by atoms with Crippen molar-refractivity contribution in [3.63, 3.8) is 0 Å². The number of nitrogens with zero attached hydrogens (tertiary/aromatic N) is 6. The van der Waals surface area contributed by atoms with Gasteiger partial charge in [-0.1, -0.05) is 6.07 Å². The van der Waals surface area contributed by atoms with E-state index in [1.165, 1.54) is 11.3 Å². The van der Waals surface area contributed by atoms with Crippen molar-refractivity contribution < 1.29 is 4.74 Å². The predicted molar refractivity (Wildman–Crippen MR) is 134 cm³/mol. The molecule has 34 heavy (non-hydrogen) atoms. The van der Waals surface area contributed by atoms with Crippen molar-refractivity contribution in [1.29, 1.82) is 0 Å². The molecule has 0 aliphatic carbocycles. The van der Waals surface area contributed by atoms with Crippen LogP contribution in [0.4, 0.5) is 0 Å². The molecule has 1 saturated heterocycles. The number of rotatable bonds is 6. The second kappa shape index (κ2) is 9.16. The standard InChI is InChI=1S/C27H30N6O/c1-31-13-15-32(16-14-31)17-18-34-20-7-8-21-22(9-11-29-24(21)19-20)26-25-6-4-12-33(25)30-27(26)23-5-2-3-10-28-23/h2-3,5,7-11,19H,4,6,12-18H2,1H3. The molecule has 6 rings (SSSR count). The molecule has 0 radical (unpaired) electrons. The number of hydrogen-bond donors (Lipinski definition) is 0. The summed E-state index contributed by atoms with van der Waals surface area (Å²) in [5.74, 6) is 0.872. The van der Waals surface area contributed by atoms with Gasteiger partial charge in [0.25, 0.3) is 0 Å². The number of ether oxygens (including phenoxy) is 1. The summed E-state index contributed by atoms with van der Waals surface area (Å²) in [6.45, 7) is 7.08. The smallest absolute Gasteiger partial charge is 0.121 e. The summed E-state index contributed by atoms with van der Waals surface area (Å²) in [4.78, 5) is 14.1. The minimum atomic E-state index is 0.690. The normalized spacial score (nSPS) is 16.7. The SMILES string of the molecule is CN1CCN(CCOc2ccc3c(-c4c(-c5ccccn5)nn5c4CCC5)ccnc3c2)CC1. The van der Waals surface area contributed by atoms with Gasteiger partial charge < -0.3 is 9.64 Å². The summed E-state index contributed by atoms with van der Waals surface area (Å²) in [6.07, 6.45) is 5.89. The van der Waals surface area contributed by atoms with Crippen LogP contribution in [0.5, 0.6) is 5.75 Å². The number of aryl methyl sites for hydroxylation is 1. The minimum Gasteiger partial charge on any atom is -0.492 e. The quantitative estimate of drug-likeness (QED) is 0.443. The Morgan fingerprint density at radius 3 is 2.71 bits per heavy atom. The van der Waals surface area contributed by atoms with Crippen LogP contribution in [0.2, 0.25) is 0 Å². The van der Waals surface area contributed by atoms with Crippen molar-refractivity contribution >= 4 is 10.9 Å². The van der Waals surface area contributed by atoms with Crippen LogP contribution in [0.25, 0.3) is 33.4 Å². The van der Waals surface area contributed by atoms with E-state index in [0.717, 1.165) is 85.7 Å². The number of piperazine rings is 1. The fraction of sp³-hybridized carbons (Fsp3) is 0.370. The number of pyridine rings is 2. The highest BCUT2D eigenvalue weighted by Gasteiger charge is 2.25. The van der Waals surface area contributed by atoms with Crippen molar-refractivity contribution in [3.05, 3.63) is 60.6 Å². The molecule has 0 spiro atoms. The van der Waals surface area contributed by atoms with Gasteiger partial charge in [0.2, 0.25) is 0 Å². The van der Waals surface area contributed by atoms with Gasteiger partial charge in [0.1, 0.15) is 18.1 Å². The lowest BCUT2D eigenvalue weighted by atomic mass is 9.96. The average molecular weight is 455 g/mol. The van der Waals surface area contributed by atoms with Gasteiger partial charge >= 0.3 is 0 Å². The van der Waals surface area contributed by atoms with Crippen LogP contribution >= 0.6 is 0 Å². The van der Waals surface area contributed by atoms with Gasteiger partial charge in [0.15, 0.2) is 0 Å². The molecular weight excluding hydrogens is 424 g/mol. The summed E-state index contributed by atoms with van der Waals surface area (Å²) >= 11 is 0. The fourth-order valence-corrected chi connectivity index (χ4v) is 5.10. The first kappa shape index (κ1) is 21.3. The molecule has 1 aromatic carbocycles. The first-order valence-corrected chi connectivity index (χ1v) is 12.2. The molecule has 7 heteroatoms. The van der Waals surface area contributed by atoms with Crippen LogP contribution < -0.4 is 4.74 Å². The summed E-state index contributed by atoms with van der Waals surface area (Å²) < 4.78 is 8.27. The van der Waals surface area contributed by atoms with E-state index >= 15 is 0 Å². The first-order valence-electron chi connectivity index (χ1n) is 12.2. The second-order valence-corrected chi connectivity index (χ2v) is 9.24. The zero-order valence-corrected chi connectivity index (χ0v) is 19.7. The van der Waals surface area contributed by atoms with Crippen LogP contribution in [0.15, 0.2) is 54.9 Å². The second-order valence-electron chi connectivity index (χ2n) is 9.24. The highest BCUT2D eigenvalue weighted by Crippen LogP contribution is 2.40. The third-order valence-corrected chi connectivity index (χ3v) is 7.00. The van der Waals surface area contributed by atoms with Crippen LogP contribution in [-0.4, -0.2) is 75.9 Å². The molecule has 1 fully saturated rings. The first-order chi connectivity index (χ1) is 16.8. The molecule has 2 aliphatic rings. The summed E-state index contributed by atoms with van der Waals surface area (Å²) in [5.41, 5.74) is 6.45. The van der Waals surface area contributed by atoms with Crippen molar-refractivity contribution in [3.8, 4) is 28.3 Å². The van der Waals surface area contributed by atoms with E-state index in [9.17, 15) is 0 Å². The van der Waals surface area contributed by atoms with E-state index in [-0.39, 0.29) is 0 Å². The molecule has 4 aromatic rings. The molecule has 0 N–H and O–H groups in total. The Morgan fingerprint density at radius 1 is 0.941 bits per heavy atom. The van der Waals surface area contributed by atoms with E-state index in [1.54, 1.807) is 0 Å². The molecule has 0 atom stereocenters. The highest BCUT2D eigenvalue weighted by molar-refractivity contribution is 5.99. The molecule has 3 aromatic heterocycles. The fourth-order valence-electron chi connectivity index (χ4n) is 5.10. The molecule has 0 bridgehead atoms. The maximum Gasteiger partial charge on any atom is 0.121 e. The van der Waals surface area contributed by atoms with Crippen LogP contribution in [0, 0.1) is 0 Å². The lowest BCUT2D eigenvalue weighted by molar-refractivity contribution is 0.134. The van der Waals surface area contributed by atoms with Crippen molar-refractivity contribution in [2.75, 3.05) is 46.4 Å². The van der Waals surface area contributed by atoms with Gasteiger partial charge in [-0.3, -0.25) is 19.5 Å². The molecule has 2 aliphatic heterocycles. The van der Waals surface area contributed by atoms with Crippen molar-refractivity contribution in [1.82, 2.24) is 29.5 Å². The zero-order valence-electron chi connectivity index (χ0n) is 19.7. The molecule has 174 valence electrons. The Labute approximate surface area is 200 Å². The Morgan fingerprint density at radius 2 is 1.85 bits per heavy atom. The zero-order chi connectivity index (χ0) is 22.9. The molecule has 0 unspecified atom stereocenters. The van der Waals surface area contributed by atoms with E-state index in [1.807, 2.05) is 30.6 Å². The van der Waals surface area contributed by atoms with Crippen LogP contribution in [0.3, 0.4) is 0 Å². The van der Waals surface area contributed by atoms with E-state index in [4.69, 9.17) is 9.84 Å². The topological polar surface area (TPSA) is 59.3 Å². The Balaban J connectivity index is 1.29. The van der Waals surface area contributed by atoms with Gasteiger partial charge in [-0.25, -0.2) is 0 Å². The largest absolute Gasteiger partial charge is 0.492 e. The van der Waals surface area contributed by atoms with Crippen molar-refractivity contribution in [2.45, 2.75) is 19.4 Å². The average Bonchev–Trinajstić information content (AvgIpc) is 3.47. The maximum absolute atomic E-state index is 6.12. The minimum absolute atomic E-state index is 0.690. The Kier molecular flexibility index (Phi) is 5.73. The number of benzene rings is 1. The lowest BCUT2D eigenvalue weighted by Gasteiger charge is -2.32. The van der Waals surface area contributed by atoms with Crippen LogP contribution in [-0.2, 0) is 13.0 Å². The van der Waals surface area contributed by atoms with Crippen molar-refractivity contribution in [2.24, 2.45) is 0 Å². The van der Waals surface area contributed by atoms with E-state index in [2.05, 4.69) is 55.8 Å². The number of likely N-dealkylation sites (N-methyl/N-ethyl adjacent to an activating group) is 1. The number of aromatic nitrogens is 4. The molecule has 0 amide bonds. The van der Waals surface area contributed by atoms with E-state index in [0.29, 0.717) is 6.61 Å². The lowest BCUT2D eigenvalue weighted by Crippen LogP contribution is -2.45. The molecular formula is C27H30N6O. The van der Waals surface area contributed by atoms with Crippen LogP contribution in [0.1, 0.15) is 12.1 Å². The van der Waals surface area contributed by atoms with Gasteiger partial charge in [-0.15, -0.1) is 0 Å². The monoisotopic (exact) mass is 454 g/mol. The third kappa shape index (κ3) is 4.06. The predicted octanol–water partition coefficient (Wildman–Crippen LogP) is 3.73. The van der Waals surface area contributed by atoms with Gasteiger partial charge in [-0.05, 0) is 55.8 Å². The Bertz CT molecular complexity index is 1290. The summed E-state index contributed by atoms with van der Waals surface area (Å²) in [5, 5.41) is 6.07. The molecule has 0 saturated carbocycles. The van der Waals surface area contributed by atoms with E-state index < -0.39 is 0 Å². The highest BCUT2D eigenvalue weighted by atomic mass is 16.5. The third-order valence-electron chi connectivity index (χ3n) is 7.00. The Hall–Kier alpha value is -3.29. The maximum atomic E-state index is 6.12. The summed E-state index contributed by atoms with van der Waals surface area (Å²) in [6, 6.07) is 14.4. The number of fused-ring (bicyclic) bond motifs is 2. The molecule has 7 nitrogen and oxygen atoms in total. The summed E-state index contributed by atoms with van der Waals surface area (Å²) in [7, 11) is 2.18. The van der Waals surface area contributed by atoms with Gasteiger partial charge in [-0.2, -0.15) is 5.10 Å². The van der Waals surface area contributed by atoms with Gasteiger partial charge in [0.05, 0.1) is 11.2 Å². The molecule has 5 heterocycles.